The van der Waals surface area contributed by atoms with Gasteiger partial charge in [-0.3, -0.25) is 0 Å². The van der Waals surface area contributed by atoms with Crippen molar-refractivity contribution in [1.82, 2.24) is 14.6 Å². The number of benzene rings is 2. The zero-order valence-corrected chi connectivity index (χ0v) is 15.1. The zero-order valence-electron chi connectivity index (χ0n) is 13.6. The molecule has 0 bridgehead atoms. The molecule has 0 aliphatic heterocycles. The summed E-state index contributed by atoms with van der Waals surface area (Å²) >= 11 is 12.3. The summed E-state index contributed by atoms with van der Waals surface area (Å²) in [7, 11) is 0. The number of halogens is 2. The second kappa shape index (κ2) is 6.20. The van der Waals surface area contributed by atoms with Crippen LogP contribution >= 0.6 is 23.2 Å². The van der Waals surface area contributed by atoms with Gasteiger partial charge in [0.2, 0.25) is 11.8 Å². The molecular weight excluding hydrogens is 373 g/mol. The molecule has 130 valence electrons. The molecule has 0 spiro atoms. The van der Waals surface area contributed by atoms with Crippen LogP contribution in [0, 0.1) is 6.92 Å². The fourth-order valence-electron chi connectivity index (χ4n) is 3.00. The van der Waals surface area contributed by atoms with Crippen LogP contribution in [0.4, 0.5) is 0 Å². The minimum atomic E-state index is -0.285. The van der Waals surface area contributed by atoms with Crippen LogP contribution in [0.2, 0.25) is 10.0 Å². The Morgan fingerprint density at radius 3 is 2.38 bits per heavy atom. The van der Waals surface area contributed by atoms with Crippen LogP contribution < -0.4 is 0 Å². The second-order valence-corrected chi connectivity index (χ2v) is 6.66. The Hall–Kier alpha value is -2.76. The SMILES string of the molecule is Cc1nn2c(O)c(-c3ccccc3)c(O)nc2c1-c1ccc(Cl)cc1Cl. The van der Waals surface area contributed by atoms with Gasteiger partial charge in [0.05, 0.1) is 16.3 Å². The second-order valence-electron chi connectivity index (χ2n) is 5.82. The van der Waals surface area contributed by atoms with Gasteiger partial charge >= 0.3 is 0 Å². The first-order valence-electron chi connectivity index (χ1n) is 7.79. The summed E-state index contributed by atoms with van der Waals surface area (Å²) in [6.07, 6.45) is 0. The van der Waals surface area contributed by atoms with Gasteiger partial charge in [0.1, 0.15) is 5.56 Å². The van der Waals surface area contributed by atoms with Gasteiger partial charge in [-0.1, -0.05) is 59.6 Å². The van der Waals surface area contributed by atoms with Gasteiger partial charge in [-0.05, 0) is 24.6 Å². The van der Waals surface area contributed by atoms with E-state index < -0.39 is 0 Å². The lowest BCUT2D eigenvalue weighted by Gasteiger charge is -2.09. The first-order valence-corrected chi connectivity index (χ1v) is 8.55. The quantitative estimate of drug-likeness (QED) is 0.504. The Morgan fingerprint density at radius 1 is 0.962 bits per heavy atom. The Bertz CT molecular complexity index is 1140. The van der Waals surface area contributed by atoms with Crippen LogP contribution in [0.1, 0.15) is 5.69 Å². The van der Waals surface area contributed by atoms with Crippen molar-refractivity contribution in [2.75, 3.05) is 0 Å². The summed E-state index contributed by atoms with van der Waals surface area (Å²) < 4.78 is 1.30. The van der Waals surface area contributed by atoms with Crippen molar-refractivity contribution in [3.8, 4) is 34.0 Å². The van der Waals surface area contributed by atoms with Crippen LogP contribution in [0.25, 0.3) is 27.9 Å². The van der Waals surface area contributed by atoms with Crippen molar-refractivity contribution >= 4 is 28.8 Å². The molecule has 2 heterocycles. The number of hydrogen-bond donors (Lipinski definition) is 2. The normalized spacial score (nSPS) is 11.2. The number of aromatic nitrogens is 3. The molecule has 0 aliphatic carbocycles. The Morgan fingerprint density at radius 2 is 1.69 bits per heavy atom. The third-order valence-corrected chi connectivity index (χ3v) is 4.71. The maximum absolute atomic E-state index is 10.7. The molecular formula is C19H13Cl2N3O2. The highest BCUT2D eigenvalue weighted by molar-refractivity contribution is 6.36. The fourth-order valence-corrected chi connectivity index (χ4v) is 3.50. The molecule has 5 nitrogen and oxygen atoms in total. The van der Waals surface area contributed by atoms with E-state index in [1.807, 2.05) is 18.2 Å². The molecule has 4 rings (SSSR count). The Kier molecular flexibility index (Phi) is 3.98. The van der Waals surface area contributed by atoms with E-state index in [2.05, 4.69) is 10.1 Å². The molecule has 7 heteroatoms. The lowest BCUT2D eigenvalue weighted by molar-refractivity contribution is 0.416. The number of rotatable bonds is 2. The Balaban J connectivity index is 2.03. The number of fused-ring (bicyclic) bond motifs is 1. The average molecular weight is 386 g/mol. The lowest BCUT2D eigenvalue weighted by Crippen LogP contribution is -1.96. The summed E-state index contributed by atoms with van der Waals surface area (Å²) in [4.78, 5) is 4.28. The summed E-state index contributed by atoms with van der Waals surface area (Å²) in [5, 5.41) is 26.5. The van der Waals surface area contributed by atoms with Crippen LogP contribution in [0.3, 0.4) is 0 Å². The van der Waals surface area contributed by atoms with Crippen LogP contribution in [0.5, 0.6) is 11.8 Å². The van der Waals surface area contributed by atoms with Gasteiger partial charge < -0.3 is 10.2 Å². The molecule has 4 aromatic rings. The van der Waals surface area contributed by atoms with Crippen molar-refractivity contribution in [1.29, 1.82) is 0 Å². The molecule has 0 amide bonds. The predicted octanol–water partition coefficient (Wildman–Crippen LogP) is 5.09. The Labute approximate surface area is 159 Å². The van der Waals surface area contributed by atoms with Crippen molar-refractivity contribution in [3.63, 3.8) is 0 Å². The largest absolute Gasteiger partial charge is 0.493 e. The van der Waals surface area contributed by atoms with E-state index in [4.69, 9.17) is 23.2 Å². The van der Waals surface area contributed by atoms with Gasteiger partial charge in [-0.15, -0.1) is 0 Å². The minimum Gasteiger partial charge on any atom is -0.493 e. The van der Waals surface area contributed by atoms with Crippen molar-refractivity contribution in [2.24, 2.45) is 0 Å². The van der Waals surface area contributed by atoms with E-state index in [-0.39, 0.29) is 17.3 Å². The predicted molar refractivity (Wildman–Crippen MR) is 102 cm³/mol. The topological polar surface area (TPSA) is 70.7 Å². The number of hydrogen-bond acceptors (Lipinski definition) is 4. The first kappa shape index (κ1) is 16.7. The molecule has 0 aliphatic rings. The zero-order chi connectivity index (χ0) is 18.4. The van der Waals surface area contributed by atoms with Crippen molar-refractivity contribution < 1.29 is 10.2 Å². The first-order chi connectivity index (χ1) is 12.5. The number of aryl methyl sites for hydroxylation is 1. The van der Waals surface area contributed by atoms with Gasteiger partial charge in [-0.2, -0.15) is 14.6 Å². The standard InChI is InChI=1S/C19H13Cl2N3O2/c1-10-15(13-8-7-12(20)9-14(13)21)17-22-18(25)16(19(26)24(17)23-10)11-5-3-2-4-6-11/h2-9,26H,1H3,(H,22,25). The molecule has 0 saturated heterocycles. The van der Waals surface area contributed by atoms with Gasteiger partial charge in [0, 0.05) is 10.6 Å². The summed E-state index contributed by atoms with van der Waals surface area (Å²) in [6, 6.07) is 14.1. The maximum Gasteiger partial charge on any atom is 0.227 e. The highest BCUT2D eigenvalue weighted by Gasteiger charge is 2.23. The number of aromatic hydroxyl groups is 2. The van der Waals surface area contributed by atoms with E-state index in [0.29, 0.717) is 38.1 Å². The van der Waals surface area contributed by atoms with Gasteiger partial charge in [0.25, 0.3) is 0 Å². The smallest absolute Gasteiger partial charge is 0.227 e. The average Bonchev–Trinajstić information content (AvgIpc) is 2.92. The highest BCUT2D eigenvalue weighted by atomic mass is 35.5. The van der Waals surface area contributed by atoms with Crippen molar-refractivity contribution in [2.45, 2.75) is 6.92 Å². The molecule has 0 saturated carbocycles. The van der Waals surface area contributed by atoms with Gasteiger partial charge in [-0.25, -0.2) is 0 Å². The van der Waals surface area contributed by atoms with E-state index in [1.54, 1.807) is 37.3 Å². The van der Waals surface area contributed by atoms with Crippen LogP contribution in [-0.4, -0.2) is 24.8 Å². The van der Waals surface area contributed by atoms with E-state index in [0.717, 1.165) is 0 Å². The van der Waals surface area contributed by atoms with E-state index >= 15 is 0 Å². The molecule has 0 atom stereocenters. The summed E-state index contributed by atoms with van der Waals surface area (Å²) in [5.41, 5.74) is 3.06. The van der Waals surface area contributed by atoms with Crippen LogP contribution in [-0.2, 0) is 0 Å². The number of nitrogens with zero attached hydrogens (tertiary/aromatic N) is 3. The summed E-state index contributed by atoms with van der Waals surface area (Å²) in [5.74, 6) is -0.481. The molecule has 26 heavy (non-hydrogen) atoms. The monoisotopic (exact) mass is 385 g/mol. The minimum absolute atomic E-state index is 0.196. The van der Waals surface area contributed by atoms with Crippen LogP contribution in [0.15, 0.2) is 48.5 Å². The van der Waals surface area contributed by atoms with E-state index in [1.165, 1.54) is 4.52 Å². The lowest BCUT2D eigenvalue weighted by atomic mass is 10.1. The fraction of sp³-hybridized carbons (Fsp3) is 0.0526. The molecule has 2 aromatic heterocycles. The highest BCUT2D eigenvalue weighted by Crippen LogP contribution is 2.40. The third kappa shape index (κ3) is 2.57. The maximum atomic E-state index is 10.7. The molecule has 0 fully saturated rings. The molecule has 0 radical (unpaired) electrons. The summed E-state index contributed by atoms with van der Waals surface area (Å²) in [6.45, 7) is 1.79. The van der Waals surface area contributed by atoms with E-state index in [9.17, 15) is 10.2 Å². The molecule has 2 aromatic carbocycles. The third-order valence-electron chi connectivity index (χ3n) is 4.16. The molecule has 0 unspecified atom stereocenters. The van der Waals surface area contributed by atoms with Gasteiger partial charge in [0.15, 0.2) is 5.65 Å². The van der Waals surface area contributed by atoms with Crippen molar-refractivity contribution in [3.05, 3.63) is 64.3 Å². The molecule has 2 N–H and O–H groups in total.